The molecule has 0 amide bonds. The smallest absolute Gasteiger partial charge is 0.307 e. The van der Waals surface area contributed by atoms with Gasteiger partial charge in [-0.15, -0.1) is 0 Å². The van der Waals surface area contributed by atoms with Crippen LogP contribution in [0.25, 0.3) is 0 Å². The maximum Gasteiger partial charge on any atom is 0.307 e. The molecule has 1 unspecified atom stereocenters. The van der Waals surface area contributed by atoms with Crippen LogP contribution in [-0.4, -0.2) is 22.2 Å². The van der Waals surface area contributed by atoms with E-state index in [2.05, 4.69) is 13.8 Å². The van der Waals surface area contributed by atoms with Gasteiger partial charge in [0, 0.05) is 0 Å². The van der Waals surface area contributed by atoms with Gasteiger partial charge in [0.05, 0.1) is 12.3 Å². The molecule has 0 aliphatic heterocycles. The van der Waals surface area contributed by atoms with Crippen LogP contribution in [0.2, 0.25) is 0 Å². The molecule has 4 heteroatoms. The summed E-state index contributed by atoms with van der Waals surface area (Å²) in [4.78, 5) is 22.1. The van der Waals surface area contributed by atoms with Gasteiger partial charge in [-0.25, -0.2) is 0 Å². The van der Waals surface area contributed by atoms with Gasteiger partial charge in [0.25, 0.3) is 0 Å². The van der Waals surface area contributed by atoms with E-state index in [1.165, 1.54) is 0 Å². The molecule has 0 aromatic rings. The van der Waals surface area contributed by atoms with Crippen LogP contribution < -0.4 is 0 Å². The van der Waals surface area contributed by atoms with E-state index in [0.717, 1.165) is 25.7 Å². The Morgan fingerprint density at radius 3 is 2.06 bits per heavy atom. The maximum atomic E-state index is 11.3. The fourth-order valence-electron chi connectivity index (χ4n) is 3.12. The van der Waals surface area contributed by atoms with Crippen LogP contribution in [0.15, 0.2) is 0 Å². The van der Waals surface area contributed by atoms with Crippen molar-refractivity contribution in [2.75, 3.05) is 0 Å². The number of rotatable bonds is 5. The molecule has 2 N–H and O–H groups in total. The third-order valence-electron chi connectivity index (χ3n) is 4.63. The summed E-state index contributed by atoms with van der Waals surface area (Å²) in [7, 11) is 0. The molecule has 1 saturated carbocycles. The minimum Gasteiger partial charge on any atom is -0.481 e. The largest absolute Gasteiger partial charge is 0.481 e. The van der Waals surface area contributed by atoms with Gasteiger partial charge in [-0.05, 0) is 42.9 Å². The monoisotopic (exact) mass is 256 g/mol. The van der Waals surface area contributed by atoms with Crippen molar-refractivity contribution in [3.63, 3.8) is 0 Å². The molecule has 1 atom stereocenters. The van der Waals surface area contributed by atoms with Gasteiger partial charge in [0.15, 0.2) is 0 Å². The average Bonchev–Trinajstić information content (AvgIpc) is 2.25. The Kier molecular flexibility index (Phi) is 4.77. The highest BCUT2D eigenvalue weighted by Crippen LogP contribution is 2.47. The second kappa shape index (κ2) is 5.72. The van der Waals surface area contributed by atoms with Crippen molar-refractivity contribution in [3.05, 3.63) is 0 Å². The fraction of sp³-hybridized carbons (Fsp3) is 0.857. The molecule has 1 rings (SSSR count). The molecule has 18 heavy (non-hydrogen) atoms. The van der Waals surface area contributed by atoms with Crippen LogP contribution >= 0.6 is 0 Å². The maximum absolute atomic E-state index is 11.3. The molecule has 0 saturated heterocycles. The predicted octanol–water partition coefficient (Wildman–Crippen LogP) is 3.01. The lowest BCUT2D eigenvalue weighted by Crippen LogP contribution is -2.38. The van der Waals surface area contributed by atoms with E-state index < -0.39 is 17.9 Å². The van der Waals surface area contributed by atoms with E-state index in [1.807, 2.05) is 6.92 Å². The van der Waals surface area contributed by atoms with Gasteiger partial charge >= 0.3 is 11.9 Å². The highest BCUT2D eigenvalue weighted by Gasteiger charge is 2.43. The molecule has 4 nitrogen and oxygen atoms in total. The molecular weight excluding hydrogens is 232 g/mol. The predicted molar refractivity (Wildman–Crippen MR) is 68.3 cm³/mol. The Labute approximate surface area is 108 Å². The second-order valence-corrected chi connectivity index (χ2v) is 6.22. The van der Waals surface area contributed by atoms with E-state index in [0.29, 0.717) is 11.8 Å². The highest BCUT2D eigenvalue weighted by molar-refractivity contribution is 5.78. The van der Waals surface area contributed by atoms with Crippen LogP contribution in [0.1, 0.15) is 52.9 Å². The first-order chi connectivity index (χ1) is 8.26. The lowest BCUT2D eigenvalue weighted by atomic mass is 9.62. The summed E-state index contributed by atoms with van der Waals surface area (Å²) < 4.78 is 0. The molecule has 0 heterocycles. The first-order valence-corrected chi connectivity index (χ1v) is 6.71. The summed E-state index contributed by atoms with van der Waals surface area (Å²) >= 11 is 0. The number of aliphatic carboxylic acids is 2. The fourth-order valence-corrected chi connectivity index (χ4v) is 3.12. The van der Waals surface area contributed by atoms with Crippen molar-refractivity contribution in [3.8, 4) is 0 Å². The Balaban J connectivity index is 2.73. The molecule has 1 aliphatic rings. The zero-order valence-corrected chi connectivity index (χ0v) is 11.5. The van der Waals surface area contributed by atoms with Gasteiger partial charge in [-0.1, -0.05) is 20.8 Å². The minimum absolute atomic E-state index is 0.266. The normalized spacial score (nSPS) is 30.1. The Hall–Kier alpha value is -1.06. The van der Waals surface area contributed by atoms with Crippen molar-refractivity contribution in [1.29, 1.82) is 0 Å². The molecule has 1 aliphatic carbocycles. The number of carboxylic acids is 2. The van der Waals surface area contributed by atoms with Crippen LogP contribution in [0.5, 0.6) is 0 Å². The molecule has 104 valence electrons. The van der Waals surface area contributed by atoms with E-state index in [4.69, 9.17) is 5.11 Å². The van der Waals surface area contributed by atoms with Crippen LogP contribution in [0, 0.1) is 23.2 Å². The third-order valence-corrected chi connectivity index (χ3v) is 4.63. The number of hydrogen-bond donors (Lipinski definition) is 2. The van der Waals surface area contributed by atoms with E-state index in [-0.39, 0.29) is 11.8 Å². The van der Waals surface area contributed by atoms with E-state index in [9.17, 15) is 14.7 Å². The lowest BCUT2D eigenvalue weighted by Gasteiger charge is -2.42. The van der Waals surface area contributed by atoms with Crippen LogP contribution in [-0.2, 0) is 9.59 Å². The Morgan fingerprint density at radius 2 is 1.72 bits per heavy atom. The number of carboxylic acid groups (broad SMARTS) is 2. The number of carbonyl (C=O) groups is 2. The highest BCUT2D eigenvalue weighted by atomic mass is 16.4. The summed E-state index contributed by atoms with van der Waals surface area (Å²) in [6, 6.07) is 0. The van der Waals surface area contributed by atoms with Crippen LogP contribution in [0.3, 0.4) is 0 Å². The van der Waals surface area contributed by atoms with Crippen LogP contribution in [0.4, 0.5) is 0 Å². The first-order valence-electron chi connectivity index (χ1n) is 6.71. The zero-order valence-electron chi connectivity index (χ0n) is 11.5. The summed E-state index contributed by atoms with van der Waals surface area (Å²) in [6.07, 6.45) is 3.40. The summed E-state index contributed by atoms with van der Waals surface area (Å²) in [5, 5.41) is 18.1. The molecule has 0 bridgehead atoms. The molecular formula is C14H24O4. The Morgan fingerprint density at radius 1 is 1.22 bits per heavy atom. The number of hydrogen-bond acceptors (Lipinski definition) is 2. The van der Waals surface area contributed by atoms with E-state index in [1.54, 1.807) is 0 Å². The standard InChI is InChI=1S/C14H24O4/c1-9(2)10-4-6-14(3,7-5-10)11(13(17)18)8-12(15)16/h9-11H,4-8H2,1-3H3,(H,15,16)(H,17,18). The second-order valence-electron chi connectivity index (χ2n) is 6.22. The SMILES string of the molecule is CC(C)C1CCC(C)(C(CC(=O)O)C(=O)O)CC1. The topological polar surface area (TPSA) is 74.6 Å². The molecule has 0 spiro atoms. The molecule has 0 aromatic carbocycles. The average molecular weight is 256 g/mol. The van der Waals surface area contributed by atoms with Crippen molar-refractivity contribution in [2.45, 2.75) is 52.9 Å². The van der Waals surface area contributed by atoms with Gasteiger partial charge in [-0.3, -0.25) is 9.59 Å². The molecule has 1 fully saturated rings. The summed E-state index contributed by atoms with van der Waals surface area (Å²) in [5.74, 6) is -1.48. The lowest BCUT2D eigenvalue weighted by molar-refractivity contribution is -0.154. The summed E-state index contributed by atoms with van der Waals surface area (Å²) in [6.45, 7) is 6.32. The van der Waals surface area contributed by atoms with Crippen molar-refractivity contribution < 1.29 is 19.8 Å². The van der Waals surface area contributed by atoms with E-state index >= 15 is 0 Å². The third kappa shape index (κ3) is 3.47. The molecule has 0 radical (unpaired) electrons. The quantitative estimate of drug-likeness (QED) is 0.793. The van der Waals surface area contributed by atoms with Crippen molar-refractivity contribution >= 4 is 11.9 Å². The van der Waals surface area contributed by atoms with Gasteiger partial charge in [0.1, 0.15) is 0 Å². The van der Waals surface area contributed by atoms with Gasteiger partial charge < -0.3 is 10.2 Å². The minimum atomic E-state index is -1.02. The first kappa shape index (κ1) is 15.0. The molecule has 0 aromatic heterocycles. The van der Waals surface area contributed by atoms with Gasteiger partial charge in [-0.2, -0.15) is 0 Å². The Bertz CT molecular complexity index is 314. The van der Waals surface area contributed by atoms with Gasteiger partial charge in [0.2, 0.25) is 0 Å². The van der Waals surface area contributed by atoms with Crippen molar-refractivity contribution in [1.82, 2.24) is 0 Å². The zero-order chi connectivity index (χ0) is 13.9. The summed E-state index contributed by atoms with van der Waals surface area (Å²) in [5.41, 5.74) is -0.365. The van der Waals surface area contributed by atoms with Crippen molar-refractivity contribution in [2.24, 2.45) is 23.2 Å².